The van der Waals surface area contributed by atoms with Crippen molar-refractivity contribution in [2.45, 2.75) is 26.3 Å². The smallest absolute Gasteiger partial charge is 0.237 e. The molecule has 0 saturated heterocycles. The van der Waals surface area contributed by atoms with Gasteiger partial charge in [-0.15, -0.1) is 0 Å². The van der Waals surface area contributed by atoms with Gasteiger partial charge in [0.05, 0.1) is 11.1 Å². The summed E-state index contributed by atoms with van der Waals surface area (Å²) in [4.78, 5) is 11.6. The lowest BCUT2D eigenvalue weighted by molar-refractivity contribution is -0.123. The number of halogens is 2. The molecule has 0 bridgehead atoms. The highest BCUT2D eigenvalue weighted by Gasteiger charge is 2.16. The Bertz CT molecular complexity index is 471. The van der Waals surface area contributed by atoms with E-state index in [0.717, 1.165) is 6.42 Å². The second kappa shape index (κ2) is 6.97. The summed E-state index contributed by atoms with van der Waals surface area (Å²) < 4.78 is 12.9. The second-order valence-corrected chi connectivity index (χ2v) is 4.34. The van der Waals surface area contributed by atoms with E-state index in [4.69, 9.17) is 16.9 Å². The molecule has 0 saturated carbocycles. The molecule has 18 heavy (non-hydrogen) atoms. The third kappa shape index (κ3) is 4.01. The zero-order chi connectivity index (χ0) is 13.5. The average Bonchev–Trinajstić information content (AvgIpc) is 2.37. The van der Waals surface area contributed by atoms with E-state index in [1.54, 1.807) is 6.07 Å². The van der Waals surface area contributed by atoms with Crippen molar-refractivity contribution < 1.29 is 9.18 Å². The maximum atomic E-state index is 12.9. The number of carbonyl (C=O) groups excluding carboxylic acids is 1. The van der Waals surface area contributed by atoms with Crippen LogP contribution in [0.2, 0.25) is 5.02 Å². The Hall–Kier alpha value is -1.60. The highest BCUT2D eigenvalue weighted by molar-refractivity contribution is 6.30. The number of amides is 1. The normalized spacial score (nSPS) is 11.7. The number of benzene rings is 1. The van der Waals surface area contributed by atoms with Gasteiger partial charge in [-0.2, -0.15) is 5.26 Å². The lowest BCUT2D eigenvalue weighted by Gasteiger charge is -2.09. The number of carbonyl (C=O) groups is 1. The first kappa shape index (κ1) is 14.5. The van der Waals surface area contributed by atoms with Gasteiger partial charge in [0, 0.05) is 6.54 Å². The van der Waals surface area contributed by atoms with Gasteiger partial charge < -0.3 is 5.32 Å². The van der Waals surface area contributed by atoms with Gasteiger partial charge in [-0.25, -0.2) is 4.39 Å². The Balaban J connectivity index is 2.57. The topological polar surface area (TPSA) is 52.9 Å². The van der Waals surface area contributed by atoms with Gasteiger partial charge in [-0.3, -0.25) is 4.79 Å². The van der Waals surface area contributed by atoms with Crippen LogP contribution in [-0.4, -0.2) is 5.91 Å². The summed E-state index contributed by atoms with van der Waals surface area (Å²) in [5, 5.41) is 11.5. The van der Waals surface area contributed by atoms with Crippen LogP contribution in [0.1, 0.15) is 25.3 Å². The van der Waals surface area contributed by atoms with Crippen molar-refractivity contribution >= 4 is 17.5 Å². The lowest BCUT2D eigenvalue weighted by atomic mass is 10.0. The van der Waals surface area contributed by atoms with Gasteiger partial charge in [-0.1, -0.05) is 31.0 Å². The van der Waals surface area contributed by atoms with E-state index in [2.05, 4.69) is 5.32 Å². The van der Waals surface area contributed by atoms with Crippen LogP contribution in [0, 0.1) is 23.1 Å². The summed E-state index contributed by atoms with van der Waals surface area (Å²) in [6.07, 6.45) is 1.31. The van der Waals surface area contributed by atoms with Gasteiger partial charge >= 0.3 is 0 Å². The van der Waals surface area contributed by atoms with Crippen molar-refractivity contribution in [1.29, 1.82) is 5.26 Å². The maximum Gasteiger partial charge on any atom is 0.237 e. The molecule has 1 atom stereocenters. The zero-order valence-electron chi connectivity index (χ0n) is 10.0. The number of hydrogen-bond donors (Lipinski definition) is 1. The van der Waals surface area contributed by atoms with Crippen molar-refractivity contribution in [1.82, 2.24) is 5.32 Å². The first-order valence-corrected chi connectivity index (χ1v) is 6.07. The molecule has 0 aliphatic rings. The molecule has 1 aromatic carbocycles. The molecule has 0 aliphatic heterocycles. The van der Waals surface area contributed by atoms with E-state index in [-0.39, 0.29) is 17.5 Å². The van der Waals surface area contributed by atoms with E-state index < -0.39 is 11.7 Å². The third-order valence-electron chi connectivity index (χ3n) is 2.50. The van der Waals surface area contributed by atoms with Crippen molar-refractivity contribution in [2.75, 3.05) is 0 Å². The molecule has 5 heteroatoms. The minimum Gasteiger partial charge on any atom is -0.351 e. The van der Waals surface area contributed by atoms with Gasteiger partial charge in [-0.05, 0) is 24.1 Å². The Morgan fingerprint density at radius 2 is 2.33 bits per heavy atom. The summed E-state index contributed by atoms with van der Waals surface area (Å²) in [5.74, 6) is -1.43. The molecule has 0 spiro atoms. The van der Waals surface area contributed by atoms with Crippen LogP contribution in [0.15, 0.2) is 18.2 Å². The van der Waals surface area contributed by atoms with Gasteiger partial charge in [0.15, 0.2) is 0 Å². The van der Waals surface area contributed by atoms with E-state index in [1.807, 2.05) is 13.0 Å². The van der Waals surface area contributed by atoms with Crippen molar-refractivity contribution in [2.24, 2.45) is 5.92 Å². The minimum absolute atomic E-state index is 0.0205. The molecule has 1 unspecified atom stereocenters. The van der Waals surface area contributed by atoms with Crippen LogP contribution < -0.4 is 5.32 Å². The lowest BCUT2D eigenvalue weighted by Crippen LogP contribution is -2.29. The molecule has 0 aromatic heterocycles. The molecule has 1 N–H and O–H groups in total. The van der Waals surface area contributed by atoms with Crippen molar-refractivity contribution in [3.05, 3.63) is 34.6 Å². The Morgan fingerprint density at radius 1 is 1.61 bits per heavy atom. The molecule has 1 aromatic rings. The summed E-state index contributed by atoms with van der Waals surface area (Å²) in [5.41, 5.74) is 0.697. The highest BCUT2D eigenvalue weighted by Crippen LogP contribution is 2.16. The number of hydrogen-bond acceptors (Lipinski definition) is 2. The van der Waals surface area contributed by atoms with Crippen LogP contribution in [0.3, 0.4) is 0 Å². The van der Waals surface area contributed by atoms with E-state index in [9.17, 15) is 9.18 Å². The first-order valence-electron chi connectivity index (χ1n) is 5.69. The van der Waals surface area contributed by atoms with Crippen LogP contribution in [0.25, 0.3) is 0 Å². The zero-order valence-corrected chi connectivity index (χ0v) is 10.8. The molecular weight excluding hydrogens is 255 g/mol. The van der Waals surface area contributed by atoms with Crippen LogP contribution in [-0.2, 0) is 11.3 Å². The Morgan fingerprint density at radius 3 is 2.89 bits per heavy atom. The van der Waals surface area contributed by atoms with Crippen molar-refractivity contribution in [3.63, 3.8) is 0 Å². The fraction of sp³-hybridized carbons (Fsp3) is 0.385. The summed E-state index contributed by atoms with van der Waals surface area (Å²) in [6, 6.07) is 6.21. The number of nitrogens with one attached hydrogen (secondary N) is 1. The molecule has 0 radical (unpaired) electrons. The SMILES string of the molecule is CCCC(C#N)C(=O)NCc1ccc(F)c(Cl)c1. The molecule has 0 fully saturated rings. The predicted molar refractivity (Wildman–Crippen MR) is 67.3 cm³/mol. The van der Waals surface area contributed by atoms with Crippen LogP contribution >= 0.6 is 11.6 Å². The minimum atomic E-state index is -0.633. The second-order valence-electron chi connectivity index (χ2n) is 3.94. The van der Waals surface area contributed by atoms with E-state index in [0.29, 0.717) is 12.0 Å². The number of rotatable bonds is 5. The largest absolute Gasteiger partial charge is 0.351 e. The first-order chi connectivity index (χ1) is 8.58. The van der Waals surface area contributed by atoms with Gasteiger partial charge in [0.25, 0.3) is 0 Å². The molecular formula is C13H14ClFN2O. The predicted octanol–water partition coefficient (Wildman–Crippen LogP) is 3.04. The summed E-state index contributed by atoms with van der Waals surface area (Å²) in [6.45, 7) is 2.15. The molecule has 1 amide bonds. The fourth-order valence-corrected chi connectivity index (χ4v) is 1.71. The monoisotopic (exact) mass is 268 g/mol. The Kier molecular flexibility index (Phi) is 5.60. The highest BCUT2D eigenvalue weighted by atomic mass is 35.5. The summed E-state index contributed by atoms with van der Waals surface area (Å²) in [7, 11) is 0. The molecule has 0 aliphatic carbocycles. The van der Waals surface area contributed by atoms with Crippen LogP contribution in [0.4, 0.5) is 4.39 Å². The summed E-state index contributed by atoms with van der Waals surface area (Å²) >= 11 is 5.63. The third-order valence-corrected chi connectivity index (χ3v) is 2.79. The number of nitrogens with zero attached hydrogens (tertiary/aromatic N) is 1. The molecule has 96 valence electrons. The number of nitriles is 1. The van der Waals surface area contributed by atoms with Gasteiger partial charge in [0.1, 0.15) is 11.7 Å². The fourth-order valence-electron chi connectivity index (χ4n) is 1.50. The molecule has 0 heterocycles. The van der Waals surface area contributed by atoms with Gasteiger partial charge in [0.2, 0.25) is 5.91 Å². The Labute approximate surface area is 111 Å². The molecule has 3 nitrogen and oxygen atoms in total. The van der Waals surface area contributed by atoms with Crippen LogP contribution in [0.5, 0.6) is 0 Å². The van der Waals surface area contributed by atoms with E-state index >= 15 is 0 Å². The maximum absolute atomic E-state index is 12.9. The molecule has 1 rings (SSSR count). The van der Waals surface area contributed by atoms with Crippen molar-refractivity contribution in [3.8, 4) is 6.07 Å². The standard InChI is InChI=1S/C13H14ClFN2O/c1-2-3-10(7-16)13(18)17-8-9-4-5-12(15)11(14)6-9/h4-6,10H,2-3,8H2,1H3,(H,17,18). The quantitative estimate of drug-likeness (QED) is 0.892. The average molecular weight is 269 g/mol. The van der Waals surface area contributed by atoms with E-state index in [1.165, 1.54) is 12.1 Å².